The van der Waals surface area contributed by atoms with Crippen LogP contribution in [0.4, 0.5) is 5.82 Å². The number of aliphatic hydroxyl groups excluding tert-OH is 1. The zero-order valence-electron chi connectivity index (χ0n) is 27.9. The van der Waals surface area contributed by atoms with E-state index in [4.69, 9.17) is 40.1 Å². The second-order valence-corrected chi connectivity index (χ2v) is 14.5. The van der Waals surface area contributed by atoms with Crippen molar-refractivity contribution in [2.24, 2.45) is 0 Å². The normalized spacial score (nSPS) is 24.9. The van der Waals surface area contributed by atoms with Crippen LogP contribution in [-0.4, -0.2) is 113 Å². The number of nitrogens with one attached hydrogen (secondary N) is 1. The Morgan fingerprint density at radius 2 is 1.95 bits per heavy atom. The van der Waals surface area contributed by atoms with E-state index in [2.05, 4.69) is 20.3 Å². The highest BCUT2D eigenvalue weighted by Crippen LogP contribution is 2.51. The molecule has 0 spiro atoms. The molecule has 0 radical (unpaired) electrons. The number of hydrogen-bond acceptors (Lipinski definition) is 12. The van der Waals surface area contributed by atoms with Crippen molar-refractivity contribution in [3.8, 4) is 0 Å². The molecule has 1 aromatic heterocycles. The van der Waals surface area contributed by atoms with E-state index in [9.17, 15) is 18.0 Å². The van der Waals surface area contributed by atoms with Gasteiger partial charge in [0, 0.05) is 53.7 Å². The van der Waals surface area contributed by atoms with Gasteiger partial charge in [-0.1, -0.05) is 0 Å². The number of nitrogens with zero attached hydrogens (tertiary/aromatic N) is 5. The SMILES string of the molecule is [2H]C[C@H]1O[C@@H](n2ccc(NC(C)=O)nc2=O)[C@@H](OC(=S)N2CCS(=O)(=O)CC2)C1OP(OC(C)[N+]#[C-])N(C(C)C)C(C)C.[3H]OC. The molecule has 3 heterocycles. The van der Waals surface area contributed by atoms with Crippen molar-refractivity contribution < 1.29 is 38.2 Å². The molecule has 0 aromatic carbocycles. The maximum absolute atomic E-state index is 13.1. The minimum Gasteiger partial charge on any atom is -0.460 e. The summed E-state index contributed by atoms with van der Waals surface area (Å²) in [6, 6.07) is 1.34. The number of hydrogen-bond donors (Lipinski definition) is 2. The molecule has 2 saturated heterocycles. The summed E-state index contributed by atoms with van der Waals surface area (Å²) in [5.41, 5.74) is -0.754. The van der Waals surface area contributed by atoms with Crippen molar-refractivity contribution in [2.75, 3.05) is 37.0 Å². The molecular weight excluding hydrogens is 635 g/mol. The topological polar surface area (TPSA) is 166 Å². The molecule has 1 amide bonds. The third kappa shape index (κ3) is 10.1. The molecule has 0 aliphatic carbocycles. The lowest BCUT2D eigenvalue weighted by Crippen LogP contribution is -2.48. The summed E-state index contributed by atoms with van der Waals surface area (Å²) in [4.78, 5) is 33.6. The minimum absolute atomic E-state index is 0.00653. The van der Waals surface area contributed by atoms with E-state index in [0.717, 1.165) is 0 Å². The van der Waals surface area contributed by atoms with Crippen molar-refractivity contribution >= 4 is 47.5 Å². The molecule has 2 fully saturated rings. The lowest BCUT2D eigenvalue weighted by Gasteiger charge is -2.38. The summed E-state index contributed by atoms with van der Waals surface area (Å²) < 4.78 is 66.1. The first-order chi connectivity index (χ1) is 21.6. The van der Waals surface area contributed by atoms with Crippen molar-refractivity contribution in [1.82, 2.24) is 19.1 Å². The highest BCUT2D eigenvalue weighted by Gasteiger charge is 2.50. The molecule has 1 aromatic rings. The number of ether oxygens (including phenoxy) is 2. The van der Waals surface area contributed by atoms with Crippen LogP contribution < -0.4 is 11.0 Å². The van der Waals surface area contributed by atoms with Crippen molar-refractivity contribution in [2.45, 2.75) is 91.3 Å². The molecule has 3 rings (SSSR count). The van der Waals surface area contributed by atoms with Crippen LogP contribution in [0.2, 0.25) is 0 Å². The molecule has 2 N–H and O–H groups in total. The maximum atomic E-state index is 13.1. The Morgan fingerprint density at radius 3 is 2.45 bits per heavy atom. The van der Waals surface area contributed by atoms with Gasteiger partial charge in [0.25, 0.3) is 13.7 Å². The van der Waals surface area contributed by atoms with E-state index < -0.39 is 60.7 Å². The zero-order valence-corrected chi connectivity index (χ0v) is 28.4. The van der Waals surface area contributed by atoms with Crippen LogP contribution in [0.1, 0.15) is 56.0 Å². The highest BCUT2D eigenvalue weighted by atomic mass is 32.2. The monoisotopic (exact) mass is 681 g/mol. The van der Waals surface area contributed by atoms with Crippen LogP contribution >= 0.6 is 20.7 Å². The molecule has 2 aliphatic rings. The van der Waals surface area contributed by atoms with Crippen molar-refractivity contribution in [3.05, 3.63) is 34.2 Å². The lowest BCUT2D eigenvalue weighted by atomic mass is 10.1. The fourth-order valence-electron chi connectivity index (χ4n) is 4.49. The zero-order chi connectivity index (χ0) is 34.8. The van der Waals surface area contributed by atoms with Gasteiger partial charge in [0.05, 0.1) is 17.6 Å². The van der Waals surface area contributed by atoms with E-state index in [-0.39, 0.29) is 54.6 Å². The van der Waals surface area contributed by atoms with Gasteiger partial charge in [0.15, 0.2) is 22.2 Å². The molecule has 2 aliphatic heterocycles. The molecule has 18 heteroatoms. The van der Waals surface area contributed by atoms with E-state index >= 15 is 0 Å². The number of amides is 1. The van der Waals surface area contributed by atoms with Gasteiger partial charge in [-0.05, 0) is 52.9 Å². The van der Waals surface area contributed by atoms with Crippen LogP contribution in [0.25, 0.3) is 4.85 Å². The number of aliphatic hydroxyl groups is 1. The summed E-state index contributed by atoms with van der Waals surface area (Å²) >= 11 is 5.58. The molecular formula is C26H43N6O9PS2. The van der Waals surface area contributed by atoms with E-state index in [1.807, 2.05) is 32.4 Å². The number of carbonyl (C=O) groups is 1. The fraction of sp³-hybridized carbons (Fsp3) is 0.731. The van der Waals surface area contributed by atoms with Crippen molar-refractivity contribution in [3.63, 3.8) is 0 Å². The number of carbonyl (C=O) groups excluding carboxylic acids is 1. The van der Waals surface area contributed by atoms with Gasteiger partial charge in [-0.3, -0.25) is 14.2 Å². The van der Waals surface area contributed by atoms with Crippen LogP contribution in [0.5, 0.6) is 0 Å². The Balaban J connectivity index is 0.00000236. The summed E-state index contributed by atoms with van der Waals surface area (Å²) in [5, 5.41) is 5.95. The maximum Gasteiger partial charge on any atom is 0.351 e. The number of aromatic nitrogens is 2. The first-order valence-corrected chi connectivity index (χ1v) is 17.2. The number of rotatable bonds is 10. The summed E-state index contributed by atoms with van der Waals surface area (Å²) in [6.45, 7) is 18.2. The quantitative estimate of drug-likeness (QED) is 0.210. The molecule has 0 bridgehead atoms. The second-order valence-electron chi connectivity index (χ2n) is 10.4. The number of thiocarbonyl (C=S) groups is 1. The van der Waals surface area contributed by atoms with Gasteiger partial charge < -0.3 is 29.3 Å². The average Bonchev–Trinajstić information content (AvgIpc) is 3.28. The van der Waals surface area contributed by atoms with E-state index in [0.29, 0.717) is 0 Å². The minimum atomic E-state index is -3.19. The summed E-state index contributed by atoms with van der Waals surface area (Å²) in [5.74, 6) is -0.527. The molecule has 0 saturated carbocycles. The Labute approximate surface area is 268 Å². The van der Waals surface area contributed by atoms with Crippen LogP contribution in [0, 0.1) is 6.57 Å². The molecule has 44 heavy (non-hydrogen) atoms. The summed E-state index contributed by atoms with van der Waals surface area (Å²) in [7, 11) is -3.79. The van der Waals surface area contributed by atoms with Gasteiger partial charge in [0.2, 0.25) is 7.34 Å². The molecule has 6 atom stereocenters. The van der Waals surface area contributed by atoms with Gasteiger partial charge >= 0.3 is 11.9 Å². The van der Waals surface area contributed by atoms with Gasteiger partial charge in [0.1, 0.15) is 11.9 Å². The number of sulfone groups is 1. The second kappa shape index (κ2) is 16.9. The predicted octanol–water partition coefficient (Wildman–Crippen LogP) is 2.14. The van der Waals surface area contributed by atoms with Crippen LogP contribution in [0.15, 0.2) is 17.1 Å². The fourth-order valence-corrected chi connectivity index (χ4v) is 7.78. The third-order valence-corrected chi connectivity index (χ3v) is 10.6. The van der Waals surface area contributed by atoms with E-state index in [1.54, 1.807) is 11.8 Å². The van der Waals surface area contributed by atoms with E-state index in [1.165, 1.54) is 30.9 Å². The van der Waals surface area contributed by atoms with Crippen LogP contribution in [0.3, 0.4) is 0 Å². The predicted molar refractivity (Wildman–Crippen MR) is 169 cm³/mol. The van der Waals surface area contributed by atoms with Gasteiger partial charge in [-0.15, -0.1) is 0 Å². The number of anilines is 1. The van der Waals surface area contributed by atoms with Gasteiger partial charge in [-0.2, -0.15) is 4.98 Å². The summed E-state index contributed by atoms with van der Waals surface area (Å²) in [6.07, 6.45) is -3.58. The average molecular weight is 682 g/mol. The molecule has 248 valence electrons. The lowest BCUT2D eigenvalue weighted by molar-refractivity contribution is -0.114. The first kappa shape index (κ1) is 34.6. The molecule has 3 unspecified atom stereocenters. The van der Waals surface area contributed by atoms with Gasteiger partial charge in [-0.25, -0.2) is 29.0 Å². The first-order valence-electron chi connectivity index (χ1n) is 15.0. The largest absolute Gasteiger partial charge is 0.460 e. The smallest absolute Gasteiger partial charge is 0.351 e. The highest BCUT2D eigenvalue weighted by molar-refractivity contribution is 7.91. The Bertz CT molecular complexity index is 1360. The van der Waals surface area contributed by atoms with Crippen molar-refractivity contribution in [1.29, 1.82) is 1.43 Å². The third-order valence-electron chi connectivity index (χ3n) is 6.42. The Hall–Kier alpha value is -2.29. The Morgan fingerprint density at radius 1 is 1.34 bits per heavy atom. The molecule has 15 nitrogen and oxygen atoms in total. The standard InChI is InChI=1S/C25H39N6O8PS2.CH4O/c1-15(2)31(16(3)4)40(38-19(7)26-8)39-21-17(5)36-23(30-10-9-20(27-18(6)32)28-24(30)33)22(21)37-25(41)29-11-13-42(34,35)14-12-29;1-2/h9-10,15-17,19,21-23H,11-14H2,1-7H3,(H,27,28,32,33);2H,1H3/t17-,19?,21?,22+,23-,40?;/m1./s1/i5D;2T. The Kier molecular flexibility index (Phi) is 13.2. The van der Waals surface area contributed by atoms with Crippen LogP contribution in [-0.2, 0) is 33.2 Å².